The van der Waals surface area contributed by atoms with Crippen molar-refractivity contribution in [3.63, 3.8) is 0 Å². The van der Waals surface area contributed by atoms with Gasteiger partial charge in [-0.1, -0.05) is 35.1 Å². The summed E-state index contributed by atoms with van der Waals surface area (Å²) in [5.41, 5.74) is 1.98. The van der Waals surface area contributed by atoms with Crippen molar-refractivity contribution in [1.82, 2.24) is 4.57 Å². The number of carbonyl (C=O) groups is 1. The van der Waals surface area contributed by atoms with Crippen molar-refractivity contribution in [2.24, 2.45) is 10.1 Å². The Kier molecular flexibility index (Phi) is 7.62. The maximum atomic E-state index is 13.1. The van der Waals surface area contributed by atoms with Crippen LogP contribution in [0.5, 0.6) is 0 Å². The molecule has 37 heavy (non-hydrogen) atoms. The van der Waals surface area contributed by atoms with E-state index in [0.29, 0.717) is 28.2 Å². The lowest BCUT2D eigenvalue weighted by Crippen LogP contribution is -2.19. The standard InChI is InChI=1S/C24H24N4O6S3/c1-16-6-8-19(9-7-16)37(32,33)27-18-5-3-4-17(14-18)23(29)26-24-28(12-13-34-2)21-11-10-20(36(25,30)31)15-22(21)35-24/h3-11,14-15,27H,12-13H2,1-2H3,(H2,25,30,31). The summed E-state index contributed by atoms with van der Waals surface area (Å²) < 4.78 is 59.0. The van der Waals surface area contributed by atoms with Gasteiger partial charge in [-0.25, -0.2) is 22.0 Å². The Morgan fingerprint density at radius 1 is 1.03 bits per heavy atom. The zero-order chi connectivity index (χ0) is 26.8. The fraction of sp³-hybridized carbons (Fsp3) is 0.167. The second-order valence-corrected chi connectivity index (χ2v) is 12.4. The van der Waals surface area contributed by atoms with Gasteiger partial charge in [0, 0.05) is 24.9 Å². The first-order valence-electron chi connectivity index (χ1n) is 10.9. The average molecular weight is 561 g/mol. The van der Waals surface area contributed by atoms with Crippen LogP contribution in [0.25, 0.3) is 10.2 Å². The minimum absolute atomic E-state index is 0.0495. The molecular formula is C24H24N4O6S3. The average Bonchev–Trinajstić information content (AvgIpc) is 3.18. The Balaban J connectivity index is 1.70. The van der Waals surface area contributed by atoms with Gasteiger partial charge in [0.05, 0.1) is 26.6 Å². The Morgan fingerprint density at radius 2 is 1.73 bits per heavy atom. The number of hydrogen-bond donors (Lipinski definition) is 2. The topological polar surface area (TPSA) is 150 Å². The van der Waals surface area contributed by atoms with Crippen LogP contribution in [0.4, 0.5) is 5.69 Å². The molecule has 13 heteroatoms. The van der Waals surface area contributed by atoms with Crippen molar-refractivity contribution in [3.05, 3.63) is 82.7 Å². The monoisotopic (exact) mass is 560 g/mol. The zero-order valence-electron chi connectivity index (χ0n) is 19.9. The van der Waals surface area contributed by atoms with Gasteiger partial charge in [-0.05, 0) is 55.5 Å². The molecular weight excluding hydrogens is 536 g/mol. The van der Waals surface area contributed by atoms with Crippen molar-refractivity contribution < 1.29 is 26.4 Å². The Morgan fingerprint density at radius 3 is 2.41 bits per heavy atom. The molecule has 1 amide bonds. The Bertz CT molecular complexity index is 1760. The first-order valence-corrected chi connectivity index (χ1v) is 14.8. The largest absolute Gasteiger partial charge is 0.383 e. The third kappa shape index (κ3) is 6.14. The highest BCUT2D eigenvalue weighted by Gasteiger charge is 2.16. The van der Waals surface area contributed by atoms with Gasteiger partial charge in [0.2, 0.25) is 10.0 Å². The fourth-order valence-corrected chi connectivity index (χ4v) is 6.27. The van der Waals surface area contributed by atoms with Crippen LogP contribution in [0.3, 0.4) is 0 Å². The van der Waals surface area contributed by atoms with E-state index in [4.69, 9.17) is 9.88 Å². The first kappa shape index (κ1) is 26.7. The molecule has 3 aromatic carbocycles. The summed E-state index contributed by atoms with van der Waals surface area (Å²) in [6, 6.07) is 16.9. The molecule has 3 N–H and O–H groups in total. The fourth-order valence-electron chi connectivity index (χ4n) is 3.51. The molecule has 1 aromatic heterocycles. The van der Waals surface area contributed by atoms with Gasteiger partial charge >= 0.3 is 0 Å². The maximum absolute atomic E-state index is 13.1. The summed E-state index contributed by atoms with van der Waals surface area (Å²) in [4.78, 5) is 17.7. The van der Waals surface area contributed by atoms with E-state index in [2.05, 4.69) is 9.71 Å². The molecule has 0 aliphatic carbocycles. The minimum Gasteiger partial charge on any atom is -0.383 e. The zero-order valence-corrected chi connectivity index (χ0v) is 22.4. The lowest BCUT2D eigenvalue weighted by atomic mass is 10.2. The van der Waals surface area contributed by atoms with Crippen LogP contribution in [0.2, 0.25) is 0 Å². The van der Waals surface area contributed by atoms with E-state index in [1.165, 1.54) is 42.5 Å². The molecule has 4 aromatic rings. The Labute approximate surface area is 218 Å². The molecule has 1 heterocycles. The van der Waals surface area contributed by atoms with Gasteiger partial charge in [-0.2, -0.15) is 4.99 Å². The molecule has 0 saturated heterocycles. The maximum Gasteiger partial charge on any atom is 0.279 e. The predicted octanol–water partition coefficient (Wildman–Crippen LogP) is 2.85. The van der Waals surface area contributed by atoms with E-state index in [1.54, 1.807) is 35.9 Å². The lowest BCUT2D eigenvalue weighted by Gasteiger charge is -2.09. The molecule has 10 nitrogen and oxygen atoms in total. The third-order valence-corrected chi connectivity index (χ3v) is 8.74. The number of nitrogens with zero attached hydrogens (tertiary/aromatic N) is 2. The summed E-state index contributed by atoms with van der Waals surface area (Å²) in [7, 11) is -6.21. The van der Waals surface area contributed by atoms with Gasteiger partial charge in [0.25, 0.3) is 15.9 Å². The number of aryl methyl sites for hydroxylation is 1. The molecule has 0 atom stereocenters. The molecule has 194 valence electrons. The SMILES string of the molecule is COCCn1c(=NC(=O)c2cccc(NS(=O)(=O)c3ccc(C)cc3)c2)sc2cc(S(N)(=O)=O)ccc21. The van der Waals surface area contributed by atoms with Gasteiger partial charge in [0.15, 0.2) is 4.80 Å². The molecule has 0 radical (unpaired) electrons. The number of fused-ring (bicyclic) bond motifs is 1. The Hall–Kier alpha value is -3.36. The van der Waals surface area contributed by atoms with E-state index in [-0.39, 0.29) is 21.0 Å². The van der Waals surface area contributed by atoms with Crippen molar-refractivity contribution in [2.75, 3.05) is 18.4 Å². The number of anilines is 1. The van der Waals surface area contributed by atoms with Crippen LogP contribution in [-0.4, -0.2) is 41.0 Å². The van der Waals surface area contributed by atoms with E-state index in [9.17, 15) is 21.6 Å². The number of rotatable bonds is 8. The predicted molar refractivity (Wildman–Crippen MR) is 141 cm³/mol. The number of hydrogen-bond acceptors (Lipinski definition) is 7. The normalized spacial score (nSPS) is 12.7. The van der Waals surface area contributed by atoms with Crippen LogP contribution < -0.4 is 14.7 Å². The number of nitrogens with two attached hydrogens (primary N) is 1. The quantitative estimate of drug-likeness (QED) is 0.338. The van der Waals surface area contributed by atoms with Gasteiger partial charge < -0.3 is 9.30 Å². The molecule has 0 aliphatic heterocycles. The van der Waals surface area contributed by atoms with Crippen molar-refractivity contribution in [2.45, 2.75) is 23.3 Å². The highest BCUT2D eigenvalue weighted by atomic mass is 32.2. The van der Waals surface area contributed by atoms with E-state index < -0.39 is 26.0 Å². The second kappa shape index (κ2) is 10.6. The van der Waals surface area contributed by atoms with Gasteiger partial charge in [0.1, 0.15) is 0 Å². The van der Waals surface area contributed by atoms with Crippen molar-refractivity contribution in [3.8, 4) is 0 Å². The number of aromatic nitrogens is 1. The second-order valence-electron chi connectivity index (χ2n) is 8.12. The highest BCUT2D eigenvalue weighted by molar-refractivity contribution is 7.92. The number of sulfonamides is 2. The minimum atomic E-state index is -3.90. The van der Waals surface area contributed by atoms with Gasteiger partial charge in [-0.3, -0.25) is 9.52 Å². The number of primary sulfonamides is 1. The van der Waals surface area contributed by atoms with Crippen LogP contribution in [0.1, 0.15) is 15.9 Å². The number of methoxy groups -OCH3 is 1. The summed E-state index contributed by atoms with van der Waals surface area (Å²) >= 11 is 1.13. The molecule has 0 saturated carbocycles. The lowest BCUT2D eigenvalue weighted by molar-refractivity contribution is 0.0997. The number of thiazole rings is 1. The van der Waals surface area contributed by atoms with E-state index in [1.807, 2.05) is 6.92 Å². The van der Waals surface area contributed by atoms with Crippen LogP contribution in [-0.2, 0) is 31.3 Å². The van der Waals surface area contributed by atoms with Crippen molar-refractivity contribution >= 4 is 53.2 Å². The third-order valence-electron chi connectivity index (χ3n) is 5.39. The van der Waals surface area contributed by atoms with E-state index >= 15 is 0 Å². The summed E-state index contributed by atoms with van der Waals surface area (Å²) in [5.74, 6) is -0.597. The molecule has 0 fully saturated rings. The summed E-state index contributed by atoms with van der Waals surface area (Å²) in [6.45, 7) is 2.56. The summed E-state index contributed by atoms with van der Waals surface area (Å²) in [6.07, 6.45) is 0. The number of benzene rings is 3. The molecule has 0 unspecified atom stereocenters. The van der Waals surface area contributed by atoms with Crippen LogP contribution in [0.15, 0.2) is 81.5 Å². The number of nitrogens with one attached hydrogen (secondary N) is 1. The number of carbonyl (C=O) groups excluding carboxylic acids is 1. The molecule has 0 spiro atoms. The van der Waals surface area contributed by atoms with E-state index in [0.717, 1.165) is 16.9 Å². The van der Waals surface area contributed by atoms with Crippen LogP contribution >= 0.6 is 11.3 Å². The number of ether oxygens (including phenoxy) is 1. The smallest absolute Gasteiger partial charge is 0.279 e. The summed E-state index contributed by atoms with van der Waals surface area (Å²) in [5, 5.41) is 5.25. The number of amides is 1. The molecule has 0 aliphatic rings. The first-order chi connectivity index (χ1) is 17.5. The van der Waals surface area contributed by atoms with Crippen molar-refractivity contribution in [1.29, 1.82) is 0 Å². The van der Waals surface area contributed by atoms with Crippen LogP contribution in [0, 0.1) is 6.92 Å². The highest BCUT2D eigenvalue weighted by Crippen LogP contribution is 2.22. The molecule has 0 bridgehead atoms. The van der Waals surface area contributed by atoms with Gasteiger partial charge in [-0.15, -0.1) is 0 Å². The molecule has 4 rings (SSSR count).